The number of nitrogens with zero attached hydrogens (tertiary/aromatic N) is 3. The van der Waals surface area contributed by atoms with Gasteiger partial charge in [-0.15, -0.1) is 0 Å². The van der Waals surface area contributed by atoms with E-state index in [1.807, 2.05) is 48.5 Å². The first-order chi connectivity index (χ1) is 23.2. The van der Waals surface area contributed by atoms with Gasteiger partial charge in [-0.2, -0.15) is 0 Å². The van der Waals surface area contributed by atoms with Crippen LogP contribution < -0.4 is 0 Å². The van der Waals surface area contributed by atoms with Crippen LogP contribution in [0.4, 0.5) is 0 Å². The van der Waals surface area contributed by atoms with Crippen LogP contribution in [-0.4, -0.2) is 118 Å². The van der Waals surface area contributed by atoms with Gasteiger partial charge in [0.25, 0.3) is 0 Å². The largest absolute Gasteiger partial charge is 0.481 e. The first-order valence-electron chi connectivity index (χ1n) is 18.9. The van der Waals surface area contributed by atoms with Crippen molar-refractivity contribution in [2.45, 2.75) is 191 Å². The van der Waals surface area contributed by atoms with Gasteiger partial charge in [-0.05, 0) is 144 Å². The van der Waals surface area contributed by atoms with Crippen LogP contribution in [-0.2, 0) is 24.0 Å². The predicted octanol–water partition coefficient (Wildman–Crippen LogP) is 7.38. The normalized spacial score (nSPS) is 15.5. The van der Waals surface area contributed by atoms with Crippen molar-refractivity contribution in [3.8, 4) is 0 Å². The van der Waals surface area contributed by atoms with Crippen molar-refractivity contribution in [1.82, 2.24) is 14.7 Å². The van der Waals surface area contributed by atoms with E-state index in [0.29, 0.717) is 13.0 Å². The maximum absolute atomic E-state index is 12.8. The van der Waals surface area contributed by atoms with Gasteiger partial charge in [0.1, 0.15) is 5.78 Å². The Labute approximate surface area is 321 Å². The highest BCUT2D eigenvalue weighted by atomic mass is 16.4. The lowest BCUT2D eigenvalue weighted by molar-refractivity contribution is -0.156. The summed E-state index contributed by atoms with van der Waals surface area (Å²) >= 11 is 0. The molecule has 0 aromatic heterocycles. The van der Waals surface area contributed by atoms with Crippen LogP contribution in [0, 0.1) is 22.2 Å². The highest BCUT2D eigenvalue weighted by Crippen LogP contribution is 2.44. The van der Waals surface area contributed by atoms with Crippen molar-refractivity contribution in [2.24, 2.45) is 22.2 Å². The third-order valence-corrected chi connectivity index (χ3v) is 11.2. The van der Waals surface area contributed by atoms with Crippen molar-refractivity contribution in [3.63, 3.8) is 0 Å². The van der Waals surface area contributed by atoms with Crippen molar-refractivity contribution in [1.29, 1.82) is 0 Å². The molecule has 12 heteroatoms. The lowest BCUT2D eigenvalue weighted by Crippen LogP contribution is -2.66. The van der Waals surface area contributed by atoms with Crippen molar-refractivity contribution >= 4 is 29.7 Å². The Bertz CT molecular complexity index is 1330. The number of Topliss-reactive ketones (excluding diaryl/α,β-unsaturated/α-hetero) is 1. The summed E-state index contributed by atoms with van der Waals surface area (Å²) in [6.07, 6.45) is 1.24. The number of carbonyl (C=O) groups is 5. The topological polar surface area (TPSA) is 176 Å². The molecular formula is C41H77N3O9. The molecule has 0 aromatic rings. The van der Waals surface area contributed by atoms with Crippen LogP contribution in [0.15, 0.2) is 0 Å². The molecule has 12 nitrogen and oxygen atoms in total. The average Bonchev–Trinajstić information content (AvgIpc) is 2.89. The lowest BCUT2D eigenvalue weighted by atomic mass is 9.73. The lowest BCUT2D eigenvalue weighted by Gasteiger charge is -2.58. The first-order valence-corrected chi connectivity index (χ1v) is 18.9. The van der Waals surface area contributed by atoms with Crippen LogP contribution in [0.2, 0.25) is 0 Å². The molecule has 0 radical (unpaired) electrons. The standard InChI is InChI=1S/C41H77N3O9/c1-27(30(46)47)21-42(38(12,13)23-34(4,5)31(48)49)28(2)22-43(37(10,11)20-29(3)45)40(16,17)25-41(18,19)44(26-36(8,9)33(52)53)39(14,15)24-35(6,7)32(50)51/h27-28H,20-26H2,1-19H3,(H,46,47)(H,48,49)(H,50,51)(H,52,53). The molecule has 0 saturated heterocycles. The second kappa shape index (κ2) is 17.1. The zero-order valence-corrected chi connectivity index (χ0v) is 36.8. The van der Waals surface area contributed by atoms with Crippen LogP contribution in [0.5, 0.6) is 0 Å². The van der Waals surface area contributed by atoms with E-state index in [0.717, 1.165) is 0 Å². The van der Waals surface area contributed by atoms with Gasteiger partial charge >= 0.3 is 23.9 Å². The predicted molar refractivity (Wildman–Crippen MR) is 210 cm³/mol. The van der Waals surface area contributed by atoms with Crippen LogP contribution in [0.3, 0.4) is 0 Å². The van der Waals surface area contributed by atoms with Gasteiger partial charge in [0.15, 0.2) is 0 Å². The molecule has 0 aliphatic carbocycles. The molecule has 0 aliphatic rings. The fourth-order valence-electron chi connectivity index (χ4n) is 9.25. The van der Waals surface area contributed by atoms with E-state index in [9.17, 15) is 44.4 Å². The second-order valence-electron chi connectivity index (χ2n) is 21.0. The fourth-order valence-corrected chi connectivity index (χ4v) is 9.25. The summed E-state index contributed by atoms with van der Waals surface area (Å²) in [4.78, 5) is 68.5. The SMILES string of the molecule is CC(=O)CC(C)(C)N(CC(C)N(CC(C)C(=O)O)C(C)(C)CC(C)(C)C(=O)O)C(C)(C)CC(C)(C)N(CC(C)(C)C(=O)O)C(C)(C)CC(C)(C)C(=O)O. The Morgan fingerprint density at radius 2 is 0.849 bits per heavy atom. The number of carboxylic acid groups (broad SMARTS) is 4. The van der Waals surface area contributed by atoms with Crippen LogP contribution in [0.25, 0.3) is 0 Å². The maximum atomic E-state index is 12.8. The molecule has 0 heterocycles. The average molecular weight is 756 g/mol. The summed E-state index contributed by atoms with van der Waals surface area (Å²) in [5.41, 5.74) is -6.87. The smallest absolute Gasteiger partial charge is 0.310 e. The molecule has 0 aromatic carbocycles. The number of ketones is 1. The molecule has 4 N–H and O–H groups in total. The number of hydrogen-bond acceptors (Lipinski definition) is 8. The maximum Gasteiger partial charge on any atom is 0.310 e. The first kappa shape index (κ1) is 50.4. The minimum absolute atomic E-state index is 0.00414. The molecule has 2 unspecified atom stereocenters. The highest BCUT2D eigenvalue weighted by molar-refractivity contribution is 5.77. The monoisotopic (exact) mass is 756 g/mol. The Balaban J connectivity index is 7.47. The van der Waals surface area contributed by atoms with Crippen LogP contribution >= 0.6 is 0 Å². The van der Waals surface area contributed by atoms with E-state index in [4.69, 9.17) is 0 Å². The number of hydrogen-bond donors (Lipinski definition) is 4. The van der Waals surface area contributed by atoms with Gasteiger partial charge in [0.05, 0.1) is 22.2 Å². The van der Waals surface area contributed by atoms with Gasteiger partial charge in [-0.1, -0.05) is 6.92 Å². The molecule has 0 bridgehead atoms. The Kier molecular flexibility index (Phi) is 16.2. The van der Waals surface area contributed by atoms with Crippen molar-refractivity contribution in [2.75, 3.05) is 19.6 Å². The summed E-state index contributed by atoms with van der Waals surface area (Å²) in [5, 5.41) is 40.3. The van der Waals surface area contributed by atoms with Gasteiger partial charge in [-0.3, -0.25) is 38.7 Å². The van der Waals surface area contributed by atoms with Gasteiger partial charge in [0, 0.05) is 59.8 Å². The summed E-state index contributed by atoms with van der Waals surface area (Å²) in [7, 11) is 0. The summed E-state index contributed by atoms with van der Waals surface area (Å²) < 4.78 is 0. The van der Waals surface area contributed by atoms with Gasteiger partial charge in [0.2, 0.25) is 0 Å². The van der Waals surface area contributed by atoms with E-state index in [1.54, 1.807) is 55.4 Å². The fraction of sp³-hybridized carbons (Fsp3) is 0.878. The molecule has 0 aliphatic heterocycles. The highest BCUT2D eigenvalue weighted by Gasteiger charge is 2.51. The minimum atomic E-state index is -1.16. The van der Waals surface area contributed by atoms with Crippen molar-refractivity contribution in [3.05, 3.63) is 0 Å². The molecule has 0 amide bonds. The minimum Gasteiger partial charge on any atom is -0.481 e. The van der Waals surface area contributed by atoms with E-state index in [2.05, 4.69) is 42.4 Å². The van der Waals surface area contributed by atoms with Gasteiger partial charge < -0.3 is 20.4 Å². The Morgan fingerprint density at radius 3 is 1.21 bits per heavy atom. The number of aliphatic carboxylic acids is 4. The zero-order valence-electron chi connectivity index (χ0n) is 36.8. The van der Waals surface area contributed by atoms with E-state index in [-0.39, 0.29) is 44.2 Å². The number of carboxylic acids is 4. The molecule has 0 saturated carbocycles. The van der Waals surface area contributed by atoms with Crippen LogP contribution in [0.1, 0.15) is 157 Å². The molecule has 53 heavy (non-hydrogen) atoms. The summed E-state index contributed by atoms with van der Waals surface area (Å²) in [6, 6.07) is -0.292. The van der Waals surface area contributed by atoms with E-state index in [1.165, 1.54) is 0 Å². The van der Waals surface area contributed by atoms with E-state index < -0.39 is 73.7 Å². The zero-order chi connectivity index (χ0) is 42.7. The molecule has 0 fully saturated rings. The Morgan fingerprint density at radius 1 is 0.491 bits per heavy atom. The molecule has 2 atom stereocenters. The third-order valence-electron chi connectivity index (χ3n) is 11.2. The Hall–Kier alpha value is -2.57. The number of rotatable bonds is 24. The second-order valence-corrected chi connectivity index (χ2v) is 21.0. The molecule has 310 valence electrons. The van der Waals surface area contributed by atoms with E-state index >= 15 is 0 Å². The summed E-state index contributed by atoms with van der Waals surface area (Å²) in [5.74, 6) is -4.54. The third kappa shape index (κ3) is 13.9. The van der Waals surface area contributed by atoms with Gasteiger partial charge in [-0.25, -0.2) is 0 Å². The molecule has 0 rings (SSSR count). The number of carbonyl (C=O) groups excluding carboxylic acids is 1. The van der Waals surface area contributed by atoms with Crippen molar-refractivity contribution < 1.29 is 44.4 Å². The molecule has 0 spiro atoms. The summed E-state index contributed by atoms with van der Waals surface area (Å²) in [6.45, 7) is 36.2. The molecular weight excluding hydrogens is 678 g/mol. The quantitative estimate of drug-likeness (QED) is 0.0771.